The Kier molecular flexibility index (Phi) is 3.76. The Bertz CT molecular complexity index is 1090. The molecule has 0 aliphatic heterocycles. The summed E-state index contributed by atoms with van der Waals surface area (Å²) in [6.45, 7) is 3.82. The zero-order chi connectivity index (χ0) is 18.3. The number of halogens is 1. The van der Waals surface area contributed by atoms with E-state index in [1.807, 2.05) is 32.0 Å². The summed E-state index contributed by atoms with van der Waals surface area (Å²) in [6, 6.07) is 10.3. The molecule has 130 valence electrons. The van der Waals surface area contributed by atoms with E-state index in [9.17, 15) is 4.39 Å². The van der Waals surface area contributed by atoms with Crippen LogP contribution in [0.1, 0.15) is 11.1 Å². The number of anilines is 1. The van der Waals surface area contributed by atoms with Gasteiger partial charge in [0.15, 0.2) is 11.6 Å². The third kappa shape index (κ3) is 2.73. The highest BCUT2D eigenvalue weighted by Gasteiger charge is 2.14. The van der Waals surface area contributed by atoms with Crippen molar-refractivity contribution in [1.82, 2.24) is 19.7 Å². The zero-order valence-electron chi connectivity index (χ0n) is 14.3. The molecule has 0 aliphatic carbocycles. The maximum Gasteiger partial charge on any atom is 0.253 e. The van der Waals surface area contributed by atoms with Gasteiger partial charge in [-0.05, 0) is 37.1 Å². The fourth-order valence-corrected chi connectivity index (χ4v) is 2.78. The summed E-state index contributed by atoms with van der Waals surface area (Å²) >= 11 is 0. The summed E-state index contributed by atoms with van der Waals surface area (Å²) in [5.74, 6) is 0.690. The first kappa shape index (κ1) is 16.0. The van der Waals surface area contributed by atoms with Crippen LogP contribution in [-0.2, 0) is 0 Å². The number of nitrogens with two attached hydrogens (primary N) is 1. The summed E-state index contributed by atoms with van der Waals surface area (Å²) in [5.41, 5.74) is 8.29. The second-order valence-corrected chi connectivity index (χ2v) is 5.98. The van der Waals surface area contributed by atoms with Gasteiger partial charge < -0.3 is 10.5 Å². The fourth-order valence-electron chi connectivity index (χ4n) is 2.78. The van der Waals surface area contributed by atoms with Crippen LogP contribution < -0.4 is 10.5 Å². The second kappa shape index (κ2) is 6.11. The van der Waals surface area contributed by atoms with Crippen molar-refractivity contribution in [1.29, 1.82) is 0 Å². The van der Waals surface area contributed by atoms with Crippen LogP contribution in [0.15, 0.2) is 48.8 Å². The summed E-state index contributed by atoms with van der Waals surface area (Å²) < 4.78 is 21.9. The molecule has 0 atom stereocenters. The van der Waals surface area contributed by atoms with Gasteiger partial charge in [0.2, 0.25) is 0 Å². The van der Waals surface area contributed by atoms with Gasteiger partial charge in [0.1, 0.15) is 11.6 Å². The minimum absolute atomic E-state index is 0.0806. The largest absolute Gasteiger partial charge is 0.454 e. The molecule has 0 unspecified atom stereocenters. The Hall–Kier alpha value is -3.48. The van der Waals surface area contributed by atoms with E-state index < -0.39 is 5.82 Å². The summed E-state index contributed by atoms with van der Waals surface area (Å²) in [7, 11) is 0. The van der Waals surface area contributed by atoms with Crippen molar-refractivity contribution >= 4 is 16.7 Å². The molecule has 0 bridgehead atoms. The summed E-state index contributed by atoms with van der Waals surface area (Å²) in [5, 5.41) is 4.58. The lowest BCUT2D eigenvalue weighted by Crippen LogP contribution is -2.05. The quantitative estimate of drug-likeness (QED) is 0.606. The first-order valence-corrected chi connectivity index (χ1v) is 8.04. The number of para-hydroxylation sites is 1. The third-order valence-electron chi connectivity index (χ3n) is 4.10. The molecule has 0 saturated heterocycles. The monoisotopic (exact) mass is 349 g/mol. The van der Waals surface area contributed by atoms with Crippen molar-refractivity contribution < 1.29 is 9.13 Å². The molecule has 0 saturated carbocycles. The van der Waals surface area contributed by atoms with Gasteiger partial charge in [0.25, 0.3) is 5.95 Å². The van der Waals surface area contributed by atoms with Crippen LogP contribution >= 0.6 is 0 Å². The highest BCUT2D eigenvalue weighted by molar-refractivity contribution is 5.89. The van der Waals surface area contributed by atoms with E-state index in [4.69, 9.17) is 10.5 Å². The molecule has 4 rings (SSSR count). The number of nitrogens with zero attached hydrogens (tertiary/aromatic N) is 4. The Balaban J connectivity index is 1.82. The Morgan fingerprint density at radius 1 is 1.08 bits per heavy atom. The van der Waals surface area contributed by atoms with Gasteiger partial charge in [0, 0.05) is 23.8 Å². The van der Waals surface area contributed by atoms with Gasteiger partial charge >= 0.3 is 0 Å². The van der Waals surface area contributed by atoms with Gasteiger partial charge in [-0.2, -0.15) is 10.1 Å². The van der Waals surface area contributed by atoms with E-state index >= 15 is 0 Å². The molecule has 6 nitrogen and oxygen atoms in total. The number of hydrogen-bond donors (Lipinski definition) is 1. The average Bonchev–Trinajstić information content (AvgIpc) is 3.13. The van der Waals surface area contributed by atoms with Gasteiger partial charge in [-0.3, -0.25) is 0 Å². The lowest BCUT2D eigenvalue weighted by Gasteiger charge is -2.13. The number of benzene rings is 2. The minimum atomic E-state index is -0.523. The number of aromatic nitrogens is 4. The van der Waals surface area contributed by atoms with E-state index in [0.29, 0.717) is 16.7 Å². The summed E-state index contributed by atoms with van der Waals surface area (Å²) in [4.78, 5) is 8.58. The molecule has 0 fully saturated rings. The van der Waals surface area contributed by atoms with Gasteiger partial charge in [-0.15, -0.1) is 0 Å². The lowest BCUT2D eigenvalue weighted by atomic mass is 10.1. The Labute approximate surface area is 149 Å². The second-order valence-electron chi connectivity index (χ2n) is 5.98. The van der Waals surface area contributed by atoms with Crippen LogP contribution in [0.2, 0.25) is 0 Å². The first-order chi connectivity index (χ1) is 12.5. The number of nitrogen functional groups attached to an aromatic ring is 1. The first-order valence-electron chi connectivity index (χ1n) is 8.04. The molecular formula is C19H16FN5O. The standard InChI is InChI=1S/C19H16FN5O/c1-11-5-3-6-12(2)17(11)26-16-9-13-15(10-14(16)20)23-19(24-18(13)21)25-8-4-7-22-25/h3-10H,1-2H3,(H2,21,23,24). The van der Waals surface area contributed by atoms with E-state index in [-0.39, 0.29) is 17.5 Å². The molecule has 2 aromatic carbocycles. The molecule has 2 N–H and O–H groups in total. The van der Waals surface area contributed by atoms with Gasteiger partial charge in [-0.25, -0.2) is 14.1 Å². The van der Waals surface area contributed by atoms with Gasteiger partial charge in [0.05, 0.1) is 5.52 Å². The zero-order valence-corrected chi connectivity index (χ0v) is 14.3. The Morgan fingerprint density at radius 2 is 1.85 bits per heavy atom. The molecule has 0 radical (unpaired) electrons. The predicted octanol–water partition coefficient (Wildman–Crippen LogP) is 3.95. The van der Waals surface area contributed by atoms with Crippen molar-refractivity contribution in [3.8, 4) is 17.4 Å². The molecule has 4 aromatic rings. The maximum absolute atomic E-state index is 14.6. The normalized spacial score (nSPS) is 11.0. The van der Waals surface area contributed by atoms with Crippen LogP contribution in [0, 0.1) is 19.7 Å². The number of aryl methyl sites for hydroxylation is 2. The van der Waals surface area contributed by atoms with Crippen molar-refractivity contribution in [2.75, 3.05) is 5.73 Å². The fraction of sp³-hybridized carbons (Fsp3) is 0.105. The minimum Gasteiger partial charge on any atom is -0.454 e. The maximum atomic E-state index is 14.6. The van der Waals surface area contributed by atoms with Gasteiger partial charge in [-0.1, -0.05) is 18.2 Å². The SMILES string of the molecule is Cc1cccc(C)c1Oc1cc2c(N)nc(-n3cccn3)nc2cc1F. The molecule has 2 heterocycles. The average molecular weight is 349 g/mol. The van der Waals surface area contributed by atoms with Crippen LogP contribution in [-0.4, -0.2) is 19.7 Å². The van der Waals surface area contributed by atoms with E-state index in [0.717, 1.165) is 11.1 Å². The molecule has 26 heavy (non-hydrogen) atoms. The molecule has 7 heteroatoms. The Morgan fingerprint density at radius 3 is 2.54 bits per heavy atom. The number of hydrogen-bond acceptors (Lipinski definition) is 5. The molecular weight excluding hydrogens is 333 g/mol. The smallest absolute Gasteiger partial charge is 0.253 e. The topological polar surface area (TPSA) is 78.9 Å². The molecule has 0 amide bonds. The molecule has 0 aliphatic rings. The highest BCUT2D eigenvalue weighted by Crippen LogP contribution is 2.33. The van der Waals surface area contributed by atoms with Crippen molar-refractivity contribution in [2.24, 2.45) is 0 Å². The van der Waals surface area contributed by atoms with Crippen molar-refractivity contribution in [3.05, 3.63) is 65.7 Å². The van der Waals surface area contributed by atoms with E-state index in [1.165, 1.54) is 16.8 Å². The highest BCUT2D eigenvalue weighted by atomic mass is 19.1. The number of fused-ring (bicyclic) bond motifs is 1. The number of rotatable bonds is 3. The van der Waals surface area contributed by atoms with Crippen LogP contribution in [0.25, 0.3) is 16.9 Å². The predicted molar refractivity (Wildman–Crippen MR) is 97.0 cm³/mol. The third-order valence-corrected chi connectivity index (χ3v) is 4.10. The lowest BCUT2D eigenvalue weighted by molar-refractivity contribution is 0.438. The van der Waals surface area contributed by atoms with Crippen LogP contribution in [0.5, 0.6) is 11.5 Å². The van der Waals surface area contributed by atoms with Crippen molar-refractivity contribution in [3.63, 3.8) is 0 Å². The molecule has 2 aromatic heterocycles. The van der Waals surface area contributed by atoms with E-state index in [2.05, 4.69) is 15.1 Å². The number of ether oxygens (including phenoxy) is 1. The van der Waals surface area contributed by atoms with Crippen LogP contribution in [0.3, 0.4) is 0 Å². The molecule has 0 spiro atoms. The van der Waals surface area contributed by atoms with Crippen LogP contribution in [0.4, 0.5) is 10.2 Å². The van der Waals surface area contributed by atoms with Crippen molar-refractivity contribution in [2.45, 2.75) is 13.8 Å². The summed E-state index contributed by atoms with van der Waals surface area (Å²) in [6.07, 6.45) is 3.29. The van der Waals surface area contributed by atoms with E-state index in [1.54, 1.807) is 18.5 Å².